The van der Waals surface area contributed by atoms with Crippen LogP contribution in [0.3, 0.4) is 0 Å². The van der Waals surface area contributed by atoms with E-state index in [1.807, 2.05) is 0 Å². The zero-order valence-electron chi connectivity index (χ0n) is 6.06. The molecule has 0 aliphatic rings. The summed E-state index contributed by atoms with van der Waals surface area (Å²) < 4.78 is 4.89. The maximum Gasteiger partial charge on any atom is 0.240 e. The summed E-state index contributed by atoms with van der Waals surface area (Å²) in [6.07, 6.45) is 1.44. The summed E-state index contributed by atoms with van der Waals surface area (Å²) in [7, 11) is 0. The van der Waals surface area contributed by atoms with Crippen molar-refractivity contribution < 1.29 is 9.53 Å². The second kappa shape index (κ2) is 4.38. The molecule has 1 aromatic rings. The van der Waals surface area contributed by atoms with Crippen LogP contribution in [0.4, 0.5) is 5.69 Å². The molecule has 0 aliphatic carbocycles. The van der Waals surface area contributed by atoms with Crippen LogP contribution >= 0.6 is 12.2 Å². The van der Waals surface area contributed by atoms with Crippen LogP contribution in [-0.4, -0.2) is 11.6 Å². The van der Waals surface area contributed by atoms with E-state index >= 15 is 0 Å². The third kappa shape index (κ3) is 2.27. The Morgan fingerprint density at radius 3 is 3.08 bits per heavy atom. The van der Waals surface area contributed by atoms with Gasteiger partial charge in [-0.3, -0.25) is 0 Å². The molecule has 0 unspecified atom stereocenters. The zero-order chi connectivity index (χ0) is 8.81. The first-order valence-corrected chi connectivity index (χ1v) is 3.62. The molecule has 0 radical (unpaired) electrons. The topological polar surface area (TPSA) is 38.7 Å². The van der Waals surface area contributed by atoms with Crippen LogP contribution in [0, 0.1) is 0 Å². The standard InChI is InChI=1S/C8H5NO2S/c10-5-9-7-2-1-3-8(4-7)11-6-12/h1-4,6H. The molecule has 0 fully saturated rings. The van der Waals surface area contributed by atoms with E-state index in [1.165, 1.54) is 6.08 Å². The summed E-state index contributed by atoms with van der Waals surface area (Å²) in [5.74, 6) is 0.557. The fourth-order valence-corrected chi connectivity index (χ4v) is 0.846. The SMILES string of the molecule is O=C=Nc1cccc(OC=S)c1. The average Bonchev–Trinajstić information content (AvgIpc) is 2.06. The number of isocyanates is 1. The zero-order valence-corrected chi connectivity index (χ0v) is 6.88. The first-order chi connectivity index (χ1) is 5.86. The molecule has 4 heteroatoms. The maximum atomic E-state index is 9.88. The molecule has 1 rings (SSSR count). The van der Waals surface area contributed by atoms with Gasteiger partial charge in [-0.15, -0.1) is 0 Å². The number of nitrogens with zero attached hydrogens (tertiary/aromatic N) is 1. The van der Waals surface area contributed by atoms with Crippen molar-refractivity contribution in [2.75, 3.05) is 0 Å². The van der Waals surface area contributed by atoms with Crippen molar-refractivity contribution >= 4 is 29.5 Å². The lowest BCUT2D eigenvalue weighted by atomic mass is 10.3. The molecule has 0 aromatic heterocycles. The lowest BCUT2D eigenvalue weighted by molar-refractivity contribution is 0.565. The van der Waals surface area contributed by atoms with E-state index in [-0.39, 0.29) is 0 Å². The number of rotatable bonds is 3. The van der Waals surface area contributed by atoms with Crippen LogP contribution in [0.5, 0.6) is 5.75 Å². The Balaban J connectivity index is 2.94. The van der Waals surface area contributed by atoms with Crippen LogP contribution in [0.15, 0.2) is 29.3 Å². The Morgan fingerprint density at radius 1 is 1.58 bits per heavy atom. The summed E-state index contributed by atoms with van der Waals surface area (Å²) >= 11 is 4.49. The molecule has 3 nitrogen and oxygen atoms in total. The summed E-state index contributed by atoms with van der Waals surface area (Å²) in [4.78, 5) is 13.3. The van der Waals surface area contributed by atoms with Gasteiger partial charge in [0, 0.05) is 6.07 Å². The van der Waals surface area contributed by atoms with Crippen LogP contribution in [-0.2, 0) is 4.79 Å². The Hall–Kier alpha value is -1.51. The number of carbonyl (C=O) groups excluding carboxylic acids is 1. The quantitative estimate of drug-likeness (QED) is 0.404. The first-order valence-electron chi connectivity index (χ1n) is 3.15. The van der Waals surface area contributed by atoms with Crippen molar-refractivity contribution in [3.63, 3.8) is 0 Å². The number of benzene rings is 1. The van der Waals surface area contributed by atoms with Gasteiger partial charge in [0.15, 0.2) is 5.55 Å². The van der Waals surface area contributed by atoms with Crippen molar-refractivity contribution in [2.24, 2.45) is 4.99 Å². The van der Waals surface area contributed by atoms with Crippen LogP contribution in [0.1, 0.15) is 0 Å². The van der Waals surface area contributed by atoms with Crippen molar-refractivity contribution in [1.82, 2.24) is 0 Å². The lowest BCUT2D eigenvalue weighted by Gasteiger charge is -1.97. The molecule has 0 heterocycles. The maximum absolute atomic E-state index is 9.88. The third-order valence-electron chi connectivity index (χ3n) is 1.18. The van der Waals surface area contributed by atoms with Gasteiger partial charge in [0.25, 0.3) is 0 Å². The number of hydrogen-bond acceptors (Lipinski definition) is 4. The minimum Gasteiger partial charge on any atom is -0.454 e. The van der Waals surface area contributed by atoms with E-state index in [1.54, 1.807) is 24.3 Å². The number of hydrogen-bond donors (Lipinski definition) is 0. The summed E-state index contributed by atoms with van der Waals surface area (Å²) in [5, 5.41) is 0. The summed E-state index contributed by atoms with van der Waals surface area (Å²) in [6.45, 7) is 0. The highest BCUT2D eigenvalue weighted by Gasteiger charge is 1.92. The number of ether oxygens (including phenoxy) is 1. The van der Waals surface area contributed by atoms with Crippen molar-refractivity contribution in [3.05, 3.63) is 24.3 Å². The first kappa shape index (κ1) is 8.59. The molecular formula is C8H5NO2S. The van der Waals surface area contributed by atoms with Crippen LogP contribution in [0.25, 0.3) is 0 Å². The molecule has 0 amide bonds. The van der Waals surface area contributed by atoms with E-state index in [0.29, 0.717) is 11.4 Å². The molecule has 0 bridgehead atoms. The van der Waals surface area contributed by atoms with Gasteiger partial charge in [0.1, 0.15) is 5.75 Å². The Morgan fingerprint density at radius 2 is 2.42 bits per heavy atom. The molecule has 60 valence electrons. The van der Waals surface area contributed by atoms with Gasteiger partial charge in [0.2, 0.25) is 6.08 Å². The van der Waals surface area contributed by atoms with Crippen LogP contribution < -0.4 is 4.74 Å². The highest BCUT2D eigenvalue weighted by Crippen LogP contribution is 2.18. The van der Waals surface area contributed by atoms with Crippen molar-refractivity contribution in [1.29, 1.82) is 0 Å². The van der Waals surface area contributed by atoms with Gasteiger partial charge in [-0.1, -0.05) is 6.07 Å². The van der Waals surface area contributed by atoms with E-state index in [9.17, 15) is 4.79 Å². The molecule has 0 spiro atoms. The highest BCUT2D eigenvalue weighted by molar-refractivity contribution is 7.78. The third-order valence-corrected chi connectivity index (χ3v) is 1.27. The number of aliphatic imine (C=N–C) groups is 1. The second-order valence-corrected chi connectivity index (χ2v) is 2.11. The van der Waals surface area contributed by atoms with Gasteiger partial charge in [-0.05, 0) is 24.4 Å². The van der Waals surface area contributed by atoms with E-state index in [2.05, 4.69) is 17.2 Å². The number of thiocarbonyl (C=S) groups is 1. The summed E-state index contributed by atoms with van der Waals surface area (Å²) in [5.41, 5.74) is 1.64. The molecule has 0 saturated heterocycles. The molecule has 1 aromatic carbocycles. The fraction of sp³-hybridized carbons (Fsp3) is 0. The van der Waals surface area contributed by atoms with E-state index in [4.69, 9.17) is 4.74 Å². The van der Waals surface area contributed by atoms with E-state index < -0.39 is 0 Å². The molecule has 12 heavy (non-hydrogen) atoms. The monoisotopic (exact) mass is 179 g/mol. The predicted octanol–water partition coefficient (Wildman–Crippen LogP) is 1.99. The van der Waals surface area contributed by atoms with Crippen molar-refractivity contribution in [3.8, 4) is 5.75 Å². The van der Waals surface area contributed by atoms with E-state index in [0.717, 1.165) is 5.55 Å². The normalized spacial score (nSPS) is 8.33. The molecule has 0 N–H and O–H groups in total. The fourth-order valence-electron chi connectivity index (χ4n) is 0.735. The molecular weight excluding hydrogens is 174 g/mol. The molecule has 0 aliphatic heterocycles. The summed E-state index contributed by atoms with van der Waals surface area (Å²) in [6, 6.07) is 6.69. The van der Waals surface area contributed by atoms with Gasteiger partial charge < -0.3 is 4.74 Å². The molecule has 0 saturated carbocycles. The van der Waals surface area contributed by atoms with Crippen molar-refractivity contribution in [2.45, 2.75) is 0 Å². The Kier molecular flexibility index (Phi) is 3.14. The van der Waals surface area contributed by atoms with Crippen LogP contribution in [0.2, 0.25) is 0 Å². The van der Waals surface area contributed by atoms with Gasteiger partial charge in [-0.25, -0.2) is 4.79 Å². The predicted molar refractivity (Wildman–Crippen MR) is 48.5 cm³/mol. The lowest BCUT2D eigenvalue weighted by Crippen LogP contribution is -1.84. The smallest absolute Gasteiger partial charge is 0.240 e. The second-order valence-electron chi connectivity index (χ2n) is 1.91. The molecule has 0 atom stereocenters. The minimum absolute atomic E-state index is 0.499. The van der Waals surface area contributed by atoms with Gasteiger partial charge in [-0.2, -0.15) is 4.99 Å². The Bertz CT molecular complexity index is 332. The van der Waals surface area contributed by atoms with Gasteiger partial charge in [0.05, 0.1) is 5.69 Å². The minimum atomic E-state index is 0.499. The van der Waals surface area contributed by atoms with Gasteiger partial charge >= 0.3 is 0 Å². The highest BCUT2D eigenvalue weighted by atomic mass is 32.1. The Labute approximate surface area is 74.7 Å². The average molecular weight is 179 g/mol. The largest absolute Gasteiger partial charge is 0.454 e.